The van der Waals surface area contributed by atoms with Gasteiger partial charge in [-0.15, -0.1) is 0 Å². The van der Waals surface area contributed by atoms with Gasteiger partial charge >= 0.3 is 0 Å². The number of hydrogen-bond donors (Lipinski definition) is 0. The van der Waals surface area contributed by atoms with Crippen LogP contribution in [0.5, 0.6) is 0 Å². The molecular formula is C23H22ClN3O2. The highest BCUT2D eigenvalue weighted by atomic mass is 35.5. The van der Waals surface area contributed by atoms with E-state index in [4.69, 9.17) is 11.6 Å². The summed E-state index contributed by atoms with van der Waals surface area (Å²) in [7, 11) is 0. The number of fused-ring (bicyclic) bond motifs is 5. The predicted molar refractivity (Wildman–Crippen MR) is 112 cm³/mol. The fourth-order valence-corrected chi connectivity index (χ4v) is 5.33. The molecule has 29 heavy (non-hydrogen) atoms. The fourth-order valence-electron chi connectivity index (χ4n) is 5.16. The summed E-state index contributed by atoms with van der Waals surface area (Å²) in [5.41, 5.74) is 4.88. The Bertz CT molecular complexity index is 1080. The molecule has 2 heterocycles. The maximum atomic E-state index is 12.8. The SMILES string of the molecule is Cc1ccc(-n2c(C)cc(/C=N\N3C(=O)[C@@H]4[C@@H](C3=O)[C@H]3C=C[C@H]4C3)c2C)cc1Cl. The van der Waals surface area contributed by atoms with Gasteiger partial charge in [-0.3, -0.25) is 9.59 Å². The summed E-state index contributed by atoms with van der Waals surface area (Å²) < 4.78 is 2.10. The molecule has 6 heteroatoms. The van der Waals surface area contributed by atoms with Crippen molar-refractivity contribution in [1.29, 1.82) is 0 Å². The Labute approximate surface area is 174 Å². The molecule has 3 aliphatic rings. The third-order valence-electron chi connectivity index (χ3n) is 6.64. The second-order valence-corrected chi connectivity index (χ2v) is 8.74. The van der Waals surface area contributed by atoms with Crippen molar-refractivity contribution >= 4 is 29.6 Å². The van der Waals surface area contributed by atoms with Gasteiger partial charge in [-0.05, 0) is 62.8 Å². The van der Waals surface area contributed by atoms with Crippen LogP contribution < -0.4 is 0 Å². The van der Waals surface area contributed by atoms with Crippen molar-refractivity contribution in [3.63, 3.8) is 0 Å². The molecule has 0 unspecified atom stereocenters. The van der Waals surface area contributed by atoms with Crippen LogP contribution in [-0.4, -0.2) is 27.6 Å². The monoisotopic (exact) mass is 407 g/mol. The molecule has 1 saturated heterocycles. The maximum Gasteiger partial charge on any atom is 0.254 e. The van der Waals surface area contributed by atoms with Crippen LogP contribution in [-0.2, 0) is 9.59 Å². The molecule has 0 spiro atoms. The van der Waals surface area contributed by atoms with Gasteiger partial charge in [0.2, 0.25) is 0 Å². The quantitative estimate of drug-likeness (QED) is 0.435. The van der Waals surface area contributed by atoms with E-state index in [1.165, 1.54) is 0 Å². The third kappa shape index (κ3) is 2.64. The average molecular weight is 408 g/mol. The number of imide groups is 1. The normalized spacial score (nSPS) is 27.7. The number of allylic oxidation sites excluding steroid dienone is 2. The highest BCUT2D eigenvalue weighted by Crippen LogP contribution is 2.52. The van der Waals surface area contributed by atoms with E-state index in [1.807, 2.05) is 45.0 Å². The summed E-state index contributed by atoms with van der Waals surface area (Å²) in [6, 6.07) is 7.96. The van der Waals surface area contributed by atoms with Crippen molar-refractivity contribution in [1.82, 2.24) is 9.58 Å². The second kappa shape index (κ2) is 6.42. The van der Waals surface area contributed by atoms with Gasteiger partial charge in [0.25, 0.3) is 11.8 Å². The summed E-state index contributed by atoms with van der Waals surface area (Å²) in [5.74, 6) is -0.385. The molecule has 0 N–H and O–H groups in total. The van der Waals surface area contributed by atoms with Crippen molar-refractivity contribution in [3.8, 4) is 5.69 Å². The van der Waals surface area contributed by atoms with Gasteiger partial charge < -0.3 is 4.57 Å². The Kier molecular flexibility index (Phi) is 4.07. The van der Waals surface area contributed by atoms with Crippen molar-refractivity contribution in [2.24, 2.45) is 28.8 Å². The molecule has 1 aromatic heterocycles. The van der Waals surface area contributed by atoms with E-state index in [0.717, 1.165) is 39.6 Å². The summed E-state index contributed by atoms with van der Waals surface area (Å²) in [5, 5.41) is 6.13. The zero-order chi connectivity index (χ0) is 20.4. The predicted octanol–water partition coefficient (Wildman–Crippen LogP) is 4.20. The van der Waals surface area contributed by atoms with E-state index in [9.17, 15) is 9.59 Å². The number of amides is 2. The van der Waals surface area contributed by atoms with Gasteiger partial charge in [-0.2, -0.15) is 10.1 Å². The first kappa shape index (κ1) is 18.4. The van der Waals surface area contributed by atoms with Crippen LogP contribution in [0.4, 0.5) is 0 Å². The van der Waals surface area contributed by atoms with Crippen LogP contribution >= 0.6 is 11.6 Å². The smallest absolute Gasteiger partial charge is 0.254 e. The highest BCUT2D eigenvalue weighted by molar-refractivity contribution is 6.31. The van der Waals surface area contributed by atoms with Gasteiger partial charge in [0.05, 0.1) is 18.1 Å². The molecule has 4 atom stereocenters. The Morgan fingerprint density at radius 3 is 2.31 bits per heavy atom. The average Bonchev–Trinajstić information content (AvgIpc) is 3.41. The first-order valence-corrected chi connectivity index (χ1v) is 10.3. The first-order chi connectivity index (χ1) is 13.9. The minimum absolute atomic E-state index is 0.160. The molecule has 5 rings (SSSR count). The lowest BCUT2D eigenvalue weighted by molar-refractivity contribution is -0.140. The molecule has 1 aliphatic heterocycles. The van der Waals surface area contributed by atoms with Gasteiger partial charge in [-0.1, -0.05) is 29.8 Å². The van der Waals surface area contributed by atoms with Crippen LogP contribution in [0.1, 0.15) is 28.9 Å². The van der Waals surface area contributed by atoms with E-state index < -0.39 is 0 Å². The molecule has 2 amide bonds. The van der Waals surface area contributed by atoms with E-state index in [0.29, 0.717) is 5.02 Å². The van der Waals surface area contributed by atoms with E-state index in [1.54, 1.807) is 6.21 Å². The summed E-state index contributed by atoms with van der Waals surface area (Å²) >= 11 is 6.30. The summed E-state index contributed by atoms with van der Waals surface area (Å²) in [6.45, 7) is 5.98. The number of hydrazone groups is 1. The minimum Gasteiger partial charge on any atom is -0.318 e. The van der Waals surface area contributed by atoms with Crippen molar-refractivity contribution < 1.29 is 9.59 Å². The molecule has 1 saturated carbocycles. The zero-order valence-corrected chi connectivity index (χ0v) is 17.3. The summed E-state index contributed by atoms with van der Waals surface area (Å²) in [4.78, 5) is 25.6. The number of hydrogen-bond acceptors (Lipinski definition) is 3. The highest BCUT2D eigenvalue weighted by Gasteiger charge is 2.59. The number of nitrogens with zero attached hydrogens (tertiary/aromatic N) is 3. The maximum absolute atomic E-state index is 12.8. The third-order valence-corrected chi connectivity index (χ3v) is 7.05. The zero-order valence-electron chi connectivity index (χ0n) is 16.6. The van der Waals surface area contributed by atoms with Crippen molar-refractivity contribution in [3.05, 3.63) is 64.0 Å². The number of rotatable bonds is 3. The number of carbonyl (C=O) groups excluding carboxylic acids is 2. The van der Waals surface area contributed by atoms with Crippen LogP contribution in [0.15, 0.2) is 41.5 Å². The number of benzene rings is 1. The summed E-state index contributed by atoms with van der Waals surface area (Å²) in [6.07, 6.45) is 6.72. The van der Waals surface area contributed by atoms with Crippen molar-refractivity contribution in [2.75, 3.05) is 0 Å². The second-order valence-electron chi connectivity index (χ2n) is 8.33. The molecule has 2 bridgehead atoms. The number of aromatic nitrogens is 1. The minimum atomic E-state index is -0.225. The molecule has 2 aromatic rings. The molecule has 2 fully saturated rings. The first-order valence-electron chi connectivity index (χ1n) is 9.92. The molecule has 1 aromatic carbocycles. The molecule has 148 valence electrons. The Balaban J connectivity index is 1.44. The Hall–Kier alpha value is -2.66. The standard InChI is InChI=1S/C23H22ClN3O2/c1-12-4-7-18(10-19(12)24)26-13(2)8-17(14(26)3)11-25-27-22(28)20-15-5-6-16(9-15)21(20)23(27)29/h4-8,10-11,15-16,20-21H,9H2,1-3H3/b25-11-/t15-,16-,20-,21-/m0/s1. The van der Waals surface area contributed by atoms with Crippen LogP contribution in [0, 0.1) is 44.4 Å². The van der Waals surface area contributed by atoms with Gasteiger partial charge in [0, 0.05) is 27.7 Å². The van der Waals surface area contributed by atoms with Crippen LogP contribution in [0.3, 0.4) is 0 Å². The largest absolute Gasteiger partial charge is 0.318 e. The number of halogens is 1. The molecular weight excluding hydrogens is 386 g/mol. The van der Waals surface area contributed by atoms with E-state index in [2.05, 4.69) is 21.8 Å². The van der Waals surface area contributed by atoms with E-state index >= 15 is 0 Å². The Morgan fingerprint density at radius 1 is 1.03 bits per heavy atom. The van der Waals surface area contributed by atoms with E-state index in [-0.39, 0.29) is 35.5 Å². The molecule has 2 aliphatic carbocycles. The fraction of sp³-hybridized carbons (Fsp3) is 0.348. The van der Waals surface area contributed by atoms with Crippen LogP contribution in [0.2, 0.25) is 5.02 Å². The Morgan fingerprint density at radius 2 is 1.69 bits per heavy atom. The molecule has 0 radical (unpaired) electrons. The lowest BCUT2D eigenvalue weighted by Gasteiger charge is -2.13. The van der Waals surface area contributed by atoms with Gasteiger partial charge in [-0.25, -0.2) is 0 Å². The van der Waals surface area contributed by atoms with Crippen molar-refractivity contribution in [2.45, 2.75) is 27.2 Å². The van der Waals surface area contributed by atoms with Crippen LogP contribution in [0.25, 0.3) is 5.69 Å². The lowest BCUT2D eigenvalue weighted by atomic mass is 9.85. The lowest BCUT2D eigenvalue weighted by Crippen LogP contribution is -2.28. The van der Waals surface area contributed by atoms with Gasteiger partial charge in [0.15, 0.2) is 0 Å². The number of carbonyl (C=O) groups is 2. The number of aryl methyl sites for hydroxylation is 2. The topological polar surface area (TPSA) is 54.7 Å². The van der Waals surface area contributed by atoms with Gasteiger partial charge in [0.1, 0.15) is 0 Å². The molecule has 5 nitrogen and oxygen atoms in total.